The molecule has 9 heteroatoms. The lowest BCUT2D eigenvalue weighted by Gasteiger charge is -2.22. The van der Waals surface area contributed by atoms with Gasteiger partial charge < -0.3 is 15.4 Å². The van der Waals surface area contributed by atoms with Crippen LogP contribution in [-0.2, 0) is 26.2 Å². The second kappa shape index (κ2) is 11.0. The molecule has 0 saturated carbocycles. The number of rotatable bonds is 9. The van der Waals surface area contributed by atoms with Gasteiger partial charge in [-0.3, -0.25) is 9.59 Å². The molecular weight excluding hydrogens is 454 g/mol. The van der Waals surface area contributed by atoms with Crippen molar-refractivity contribution in [1.82, 2.24) is 4.31 Å². The average Bonchev–Trinajstić information content (AvgIpc) is 2.80. The summed E-state index contributed by atoms with van der Waals surface area (Å²) >= 11 is 0. The molecule has 0 aliphatic rings. The quantitative estimate of drug-likeness (QED) is 0.484. The number of anilines is 2. The summed E-state index contributed by atoms with van der Waals surface area (Å²) in [5.74, 6) is -0.113. The van der Waals surface area contributed by atoms with Crippen molar-refractivity contribution in [3.63, 3.8) is 0 Å². The highest BCUT2D eigenvalue weighted by molar-refractivity contribution is 7.89. The minimum atomic E-state index is -3.98. The molecular formula is C25H27N3O5S. The fourth-order valence-electron chi connectivity index (χ4n) is 3.37. The zero-order chi connectivity index (χ0) is 24.7. The summed E-state index contributed by atoms with van der Waals surface area (Å²) < 4.78 is 33.4. The van der Waals surface area contributed by atoms with Gasteiger partial charge in [0.2, 0.25) is 21.8 Å². The Balaban J connectivity index is 1.83. The standard InChI is InChI=1S/C25H27N3O5S/c1-18-15-23(13-14-24(18)33-3)34(31,32)28(16-20-7-5-4-6-8-20)17-25(30)27-22-11-9-21(10-12-22)26-19(2)29/h4-15H,16-17H2,1-3H3,(H,26,29)(H,27,30). The topological polar surface area (TPSA) is 105 Å². The van der Waals surface area contributed by atoms with Crippen LogP contribution in [0.1, 0.15) is 18.1 Å². The number of aryl methyl sites for hydroxylation is 1. The van der Waals surface area contributed by atoms with Crippen LogP contribution in [0.15, 0.2) is 77.7 Å². The van der Waals surface area contributed by atoms with E-state index in [9.17, 15) is 18.0 Å². The van der Waals surface area contributed by atoms with Crippen LogP contribution in [0.4, 0.5) is 11.4 Å². The van der Waals surface area contributed by atoms with Crippen LogP contribution in [0.25, 0.3) is 0 Å². The Morgan fingerprint density at radius 1 is 0.912 bits per heavy atom. The van der Waals surface area contributed by atoms with E-state index in [1.54, 1.807) is 49.4 Å². The Morgan fingerprint density at radius 3 is 2.09 bits per heavy atom. The molecule has 3 rings (SSSR count). The summed E-state index contributed by atoms with van der Waals surface area (Å²) in [7, 11) is -2.47. The second-order valence-electron chi connectivity index (χ2n) is 7.70. The van der Waals surface area contributed by atoms with Crippen molar-refractivity contribution in [3.8, 4) is 5.75 Å². The van der Waals surface area contributed by atoms with Crippen molar-refractivity contribution in [2.45, 2.75) is 25.3 Å². The molecule has 0 heterocycles. The lowest BCUT2D eigenvalue weighted by molar-refractivity contribution is -0.116. The maximum atomic E-state index is 13.5. The van der Waals surface area contributed by atoms with Crippen molar-refractivity contribution < 1.29 is 22.7 Å². The van der Waals surface area contributed by atoms with Gasteiger partial charge in [-0.2, -0.15) is 4.31 Å². The van der Waals surface area contributed by atoms with Crippen LogP contribution >= 0.6 is 0 Å². The minimum Gasteiger partial charge on any atom is -0.496 e. The summed E-state index contributed by atoms with van der Waals surface area (Å²) in [6, 6.07) is 20.2. The number of nitrogens with zero attached hydrogens (tertiary/aromatic N) is 1. The molecule has 0 radical (unpaired) electrons. The Bertz CT molecular complexity index is 1260. The largest absolute Gasteiger partial charge is 0.496 e. The molecule has 0 aliphatic heterocycles. The van der Waals surface area contributed by atoms with Gasteiger partial charge in [0.1, 0.15) is 5.75 Å². The van der Waals surface area contributed by atoms with E-state index in [1.807, 2.05) is 18.2 Å². The van der Waals surface area contributed by atoms with Crippen molar-refractivity contribution in [1.29, 1.82) is 0 Å². The number of carbonyl (C=O) groups excluding carboxylic acids is 2. The molecule has 0 saturated heterocycles. The first-order valence-corrected chi connectivity index (χ1v) is 12.0. The van der Waals surface area contributed by atoms with E-state index in [4.69, 9.17) is 4.74 Å². The summed E-state index contributed by atoms with van der Waals surface area (Å²) in [5, 5.41) is 5.36. The molecule has 0 atom stereocenters. The van der Waals surface area contributed by atoms with Crippen LogP contribution in [-0.4, -0.2) is 38.2 Å². The number of amides is 2. The van der Waals surface area contributed by atoms with Crippen molar-refractivity contribution in [2.75, 3.05) is 24.3 Å². The molecule has 8 nitrogen and oxygen atoms in total. The lowest BCUT2D eigenvalue weighted by atomic mass is 10.2. The lowest BCUT2D eigenvalue weighted by Crippen LogP contribution is -2.37. The molecule has 2 amide bonds. The number of nitrogens with one attached hydrogen (secondary N) is 2. The fourth-order valence-corrected chi connectivity index (χ4v) is 4.84. The van der Waals surface area contributed by atoms with Gasteiger partial charge >= 0.3 is 0 Å². The van der Waals surface area contributed by atoms with Crippen molar-refractivity contribution in [2.24, 2.45) is 0 Å². The van der Waals surface area contributed by atoms with Crippen molar-refractivity contribution >= 4 is 33.2 Å². The van der Waals surface area contributed by atoms with E-state index in [-0.39, 0.29) is 23.9 Å². The van der Waals surface area contributed by atoms with Crippen LogP contribution in [0.3, 0.4) is 0 Å². The Kier molecular flexibility index (Phi) is 8.04. The first-order chi connectivity index (χ1) is 16.2. The van der Waals surface area contributed by atoms with Crippen LogP contribution in [0.2, 0.25) is 0 Å². The number of carbonyl (C=O) groups is 2. The van der Waals surface area contributed by atoms with Gasteiger partial charge in [0.25, 0.3) is 0 Å². The van der Waals surface area contributed by atoms with E-state index in [2.05, 4.69) is 10.6 Å². The molecule has 3 aromatic carbocycles. The van der Waals surface area contributed by atoms with Gasteiger partial charge in [0, 0.05) is 24.8 Å². The molecule has 0 bridgehead atoms. The van der Waals surface area contributed by atoms with Crippen LogP contribution in [0, 0.1) is 6.92 Å². The highest BCUT2D eigenvalue weighted by Crippen LogP contribution is 2.25. The first-order valence-electron chi connectivity index (χ1n) is 10.6. The maximum Gasteiger partial charge on any atom is 0.243 e. The molecule has 0 spiro atoms. The zero-order valence-electron chi connectivity index (χ0n) is 19.2. The van der Waals surface area contributed by atoms with E-state index >= 15 is 0 Å². The monoisotopic (exact) mass is 481 g/mol. The third-order valence-corrected chi connectivity index (χ3v) is 6.80. The van der Waals surface area contributed by atoms with Gasteiger partial charge in [0.05, 0.1) is 18.6 Å². The zero-order valence-corrected chi connectivity index (χ0v) is 20.1. The summed E-state index contributed by atoms with van der Waals surface area (Å²) in [5.41, 5.74) is 2.50. The predicted octanol–water partition coefficient (Wildman–Crippen LogP) is 3.79. The molecule has 2 N–H and O–H groups in total. The number of methoxy groups -OCH3 is 1. The number of hydrogen-bond donors (Lipinski definition) is 2. The maximum absolute atomic E-state index is 13.5. The highest BCUT2D eigenvalue weighted by Gasteiger charge is 2.27. The SMILES string of the molecule is COc1ccc(S(=O)(=O)N(CC(=O)Nc2ccc(NC(C)=O)cc2)Cc2ccccc2)cc1C. The molecule has 0 aliphatic carbocycles. The van der Waals surface area contributed by atoms with E-state index in [0.29, 0.717) is 22.7 Å². The van der Waals surface area contributed by atoms with Gasteiger partial charge in [-0.1, -0.05) is 30.3 Å². The number of sulfonamides is 1. The number of hydrogen-bond acceptors (Lipinski definition) is 5. The van der Waals surface area contributed by atoms with Gasteiger partial charge in [-0.15, -0.1) is 0 Å². The Hall–Kier alpha value is -3.69. The summed E-state index contributed by atoms with van der Waals surface area (Å²) in [6.45, 7) is 2.82. The molecule has 0 fully saturated rings. The van der Waals surface area contributed by atoms with E-state index in [1.165, 1.54) is 26.2 Å². The van der Waals surface area contributed by atoms with Crippen molar-refractivity contribution in [3.05, 3.63) is 83.9 Å². The highest BCUT2D eigenvalue weighted by atomic mass is 32.2. The third kappa shape index (κ3) is 6.43. The summed E-state index contributed by atoms with van der Waals surface area (Å²) in [6.07, 6.45) is 0. The smallest absolute Gasteiger partial charge is 0.243 e. The fraction of sp³-hybridized carbons (Fsp3) is 0.200. The predicted molar refractivity (Wildman–Crippen MR) is 131 cm³/mol. The number of ether oxygens (including phenoxy) is 1. The Labute approximate surface area is 199 Å². The van der Waals surface area contributed by atoms with Crippen LogP contribution in [0.5, 0.6) is 5.75 Å². The van der Waals surface area contributed by atoms with Gasteiger partial charge in [-0.25, -0.2) is 8.42 Å². The number of benzene rings is 3. The van der Waals surface area contributed by atoms with E-state index in [0.717, 1.165) is 9.87 Å². The Morgan fingerprint density at radius 2 is 1.53 bits per heavy atom. The third-order valence-electron chi connectivity index (χ3n) is 5.01. The molecule has 34 heavy (non-hydrogen) atoms. The molecule has 178 valence electrons. The molecule has 3 aromatic rings. The summed E-state index contributed by atoms with van der Waals surface area (Å²) in [4.78, 5) is 24.1. The second-order valence-corrected chi connectivity index (χ2v) is 9.63. The molecule has 0 unspecified atom stereocenters. The van der Waals surface area contributed by atoms with Crippen LogP contribution < -0.4 is 15.4 Å². The minimum absolute atomic E-state index is 0.0309. The molecule has 0 aromatic heterocycles. The normalized spacial score (nSPS) is 11.2. The van der Waals surface area contributed by atoms with Gasteiger partial charge in [0.15, 0.2) is 0 Å². The first kappa shape index (κ1) is 24.9. The van der Waals surface area contributed by atoms with E-state index < -0.39 is 15.9 Å². The van der Waals surface area contributed by atoms with Gasteiger partial charge in [-0.05, 0) is 60.5 Å². The average molecular weight is 482 g/mol.